The predicted octanol–water partition coefficient (Wildman–Crippen LogP) is -0.177. The molecule has 9 nitrogen and oxygen atoms in total. The van der Waals surface area contributed by atoms with Gasteiger partial charge in [0, 0.05) is 6.92 Å². The zero-order chi connectivity index (χ0) is 15.4. The summed E-state index contributed by atoms with van der Waals surface area (Å²) in [6.45, 7) is 3.22. The van der Waals surface area contributed by atoms with E-state index >= 15 is 0 Å². The Labute approximate surface area is 120 Å². The number of amides is 1. The van der Waals surface area contributed by atoms with Crippen LogP contribution in [0.1, 0.15) is 20.3 Å². The Hall–Kier alpha value is -2.26. The van der Waals surface area contributed by atoms with Crippen LogP contribution in [-0.2, 0) is 16.3 Å². The highest BCUT2D eigenvalue weighted by Crippen LogP contribution is 2.09. The highest BCUT2D eigenvalue weighted by atomic mass is 16.5. The van der Waals surface area contributed by atoms with Crippen molar-refractivity contribution < 1.29 is 14.6 Å². The number of nitrogens with zero attached hydrogens (tertiary/aromatic N) is 3. The summed E-state index contributed by atoms with van der Waals surface area (Å²) >= 11 is 0. The van der Waals surface area contributed by atoms with Crippen molar-refractivity contribution in [3.63, 3.8) is 0 Å². The summed E-state index contributed by atoms with van der Waals surface area (Å²) < 4.78 is 7.02. The van der Waals surface area contributed by atoms with Gasteiger partial charge in [0.15, 0.2) is 11.2 Å². The van der Waals surface area contributed by atoms with E-state index in [0.29, 0.717) is 12.1 Å². The second-order valence-electron chi connectivity index (χ2n) is 4.49. The number of rotatable bonds is 6. The van der Waals surface area contributed by atoms with Crippen LogP contribution >= 0.6 is 0 Å². The molecule has 0 aromatic carbocycles. The molecule has 114 valence electrons. The number of H-pyrrole nitrogens is 1. The Morgan fingerprint density at radius 3 is 3.00 bits per heavy atom. The lowest BCUT2D eigenvalue weighted by Crippen LogP contribution is -2.19. The maximum Gasteiger partial charge on any atom is 0.280 e. The molecule has 2 aromatic heterocycles. The van der Waals surface area contributed by atoms with Gasteiger partial charge >= 0.3 is 0 Å². The van der Waals surface area contributed by atoms with Gasteiger partial charge in [-0.05, 0) is 6.42 Å². The van der Waals surface area contributed by atoms with Crippen LogP contribution in [0.2, 0.25) is 0 Å². The number of fused-ring (bicyclic) bond motifs is 1. The summed E-state index contributed by atoms with van der Waals surface area (Å²) in [5.74, 6) is -0.290. The number of hydrogen-bond acceptors (Lipinski definition) is 6. The van der Waals surface area contributed by atoms with Gasteiger partial charge in [-0.2, -0.15) is 4.98 Å². The first-order valence-electron chi connectivity index (χ1n) is 6.50. The minimum absolute atomic E-state index is 0.0518. The molecule has 2 aromatic rings. The van der Waals surface area contributed by atoms with Crippen molar-refractivity contribution in [2.24, 2.45) is 0 Å². The number of hydrogen-bond donors (Lipinski definition) is 3. The Balaban J connectivity index is 2.30. The molecule has 1 atom stereocenters. The number of imidazole rings is 1. The number of nitrogens with one attached hydrogen (secondary N) is 2. The second-order valence-corrected chi connectivity index (χ2v) is 4.49. The number of aromatic nitrogens is 4. The van der Waals surface area contributed by atoms with Crippen LogP contribution in [-0.4, -0.2) is 43.2 Å². The van der Waals surface area contributed by atoms with Gasteiger partial charge in [-0.3, -0.25) is 24.5 Å². The van der Waals surface area contributed by atoms with E-state index in [0.717, 1.165) is 0 Å². The molecule has 0 bridgehead atoms. The third-order valence-corrected chi connectivity index (χ3v) is 2.88. The minimum atomic E-state index is -0.448. The molecule has 21 heavy (non-hydrogen) atoms. The van der Waals surface area contributed by atoms with Crippen molar-refractivity contribution in [3.8, 4) is 0 Å². The van der Waals surface area contributed by atoms with E-state index in [2.05, 4.69) is 20.3 Å². The van der Waals surface area contributed by atoms with Gasteiger partial charge in [-0.1, -0.05) is 6.92 Å². The molecule has 3 N–H and O–H groups in total. The lowest BCUT2D eigenvalue weighted by Gasteiger charge is -2.13. The quantitative estimate of drug-likeness (QED) is 0.679. The van der Waals surface area contributed by atoms with Gasteiger partial charge < -0.3 is 9.84 Å². The van der Waals surface area contributed by atoms with Crippen LogP contribution < -0.4 is 10.9 Å². The van der Waals surface area contributed by atoms with Crippen molar-refractivity contribution in [1.29, 1.82) is 0 Å². The van der Waals surface area contributed by atoms with E-state index in [4.69, 9.17) is 9.84 Å². The van der Waals surface area contributed by atoms with E-state index in [9.17, 15) is 9.59 Å². The molecule has 2 heterocycles. The monoisotopic (exact) mass is 295 g/mol. The average molecular weight is 295 g/mol. The highest BCUT2D eigenvalue weighted by Gasteiger charge is 2.12. The first kappa shape index (κ1) is 15.1. The van der Waals surface area contributed by atoms with E-state index in [1.807, 2.05) is 6.92 Å². The lowest BCUT2D eigenvalue weighted by atomic mass is 10.3. The van der Waals surface area contributed by atoms with Crippen LogP contribution in [0.25, 0.3) is 11.2 Å². The van der Waals surface area contributed by atoms with Gasteiger partial charge in [-0.15, -0.1) is 0 Å². The lowest BCUT2D eigenvalue weighted by molar-refractivity contribution is -0.114. The van der Waals surface area contributed by atoms with Crippen LogP contribution in [0.5, 0.6) is 0 Å². The third-order valence-electron chi connectivity index (χ3n) is 2.88. The Morgan fingerprint density at radius 2 is 2.38 bits per heavy atom. The molecular formula is C12H17N5O4. The Kier molecular flexibility index (Phi) is 4.66. The Bertz CT molecular complexity index is 689. The van der Waals surface area contributed by atoms with Gasteiger partial charge in [0.1, 0.15) is 6.73 Å². The summed E-state index contributed by atoms with van der Waals surface area (Å²) in [5, 5.41) is 11.5. The maximum atomic E-state index is 11.8. The van der Waals surface area contributed by atoms with Crippen LogP contribution in [0.4, 0.5) is 5.95 Å². The van der Waals surface area contributed by atoms with Crippen molar-refractivity contribution in [1.82, 2.24) is 19.5 Å². The fraction of sp³-hybridized carbons (Fsp3) is 0.500. The molecule has 0 saturated carbocycles. The van der Waals surface area contributed by atoms with Crippen LogP contribution in [0.15, 0.2) is 11.1 Å². The molecule has 1 amide bonds. The van der Waals surface area contributed by atoms with E-state index in [1.165, 1.54) is 17.8 Å². The Morgan fingerprint density at radius 1 is 1.62 bits per heavy atom. The third kappa shape index (κ3) is 3.44. The van der Waals surface area contributed by atoms with Crippen molar-refractivity contribution in [2.75, 3.05) is 11.9 Å². The number of aromatic amines is 1. The van der Waals surface area contributed by atoms with E-state index < -0.39 is 5.56 Å². The first-order chi connectivity index (χ1) is 10.0. The molecule has 0 aliphatic heterocycles. The van der Waals surface area contributed by atoms with Crippen molar-refractivity contribution >= 4 is 23.0 Å². The standard InChI is InChI=1S/C12H17N5O4/c1-3-8(4-18)21-6-17-5-13-9-10(17)15-12(14-7(2)19)16-11(9)20/h5,8,18H,3-4,6H2,1-2H3,(H2,14,15,16,19,20). The second kappa shape index (κ2) is 6.46. The van der Waals surface area contributed by atoms with E-state index in [-0.39, 0.29) is 36.8 Å². The van der Waals surface area contributed by atoms with Crippen LogP contribution in [0, 0.1) is 0 Å². The smallest absolute Gasteiger partial charge is 0.280 e. The number of aliphatic hydroxyl groups excluding tert-OH is 1. The molecule has 0 fully saturated rings. The number of carbonyl (C=O) groups excluding carboxylic acids is 1. The number of anilines is 1. The summed E-state index contributed by atoms with van der Waals surface area (Å²) in [7, 11) is 0. The fourth-order valence-electron chi connectivity index (χ4n) is 1.76. The van der Waals surface area contributed by atoms with Crippen molar-refractivity contribution in [3.05, 3.63) is 16.7 Å². The molecule has 0 spiro atoms. The first-order valence-corrected chi connectivity index (χ1v) is 6.50. The normalized spacial score (nSPS) is 12.5. The largest absolute Gasteiger partial charge is 0.394 e. The fourth-order valence-corrected chi connectivity index (χ4v) is 1.76. The summed E-state index contributed by atoms with van der Waals surface area (Å²) in [4.78, 5) is 33.4. The number of aliphatic hydroxyl groups is 1. The highest BCUT2D eigenvalue weighted by molar-refractivity contribution is 5.87. The predicted molar refractivity (Wildman–Crippen MR) is 74.7 cm³/mol. The molecule has 0 aliphatic carbocycles. The van der Waals surface area contributed by atoms with Gasteiger partial charge in [0.05, 0.1) is 19.0 Å². The molecule has 1 unspecified atom stereocenters. The van der Waals surface area contributed by atoms with Crippen LogP contribution in [0.3, 0.4) is 0 Å². The summed E-state index contributed by atoms with van der Waals surface area (Å²) in [5.41, 5.74) is 0.0109. The molecule has 9 heteroatoms. The maximum absolute atomic E-state index is 11.8. The topological polar surface area (TPSA) is 122 Å². The molecule has 0 radical (unpaired) electrons. The molecular weight excluding hydrogens is 278 g/mol. The molecule has 0 saturated heterocycles. The zero-order valence-corrected chi connectivity index (χ0v) is 11.8. The SMILES string of the molecule is CCC(CO)OCn1cnc2c(=O)[nH]c(NC(C)=O)nc21. The average Bonchev–Trinajstić information content (AvgIpc) is 2.83. The minimum Gasteiger partial charge on any atom is -0.394 e. The van der Waals surface area contributed by atoms with E-state index in [1.54, 1.807) is 0 Å². The zero-order valence-electron chi connectivity index (χ0n) is 11.8. The summed E-state index contributed by atoms with van der Waals surface area (Å²) in [6.07, 6.45) is 1.79. The number of carbonyl (C=O) groups is 1. The van der Waals surface area contributed by atoms with Gasteiger partial charge in [0.2, 0.25) is 11.9 Å². The molecule has 2 rings (SSSR count). The van der Waals surface area contributed by atoms with Crippen molar-refractivity contribution in [2.45, 2.75) is 33.1 Å². The van der Waals surface area contributed by atoms with Gasteiger partial charge in [-0.25, -0.2) is 4.98 Å². The summed E-state index contributed by atoms with van der Waals surface area (Å²) in [6, 6.07) is 0. The van der Waals surface area contributed by atoms with Gasteiger partial charge in [0.25, 0.3) is 5.56 Å². The number of ether oxygens (including phenoxy) is 1. The molecule has 0 aliphatic rings.